The molecular formula is C22H25N3O2S2. The van der Waals surface area contributed by atoms with Gasteiger partial charge in [0.25, 0.3) is 5.91 Å². The molecule has 0 unspecified atom stereocenters. The van der Waals surface area contributed by atoms with Gasteiger partial charge in [0.1, 0.15) is 0 Å². The van der Waals surface area contributed by atoms with E-state index < -0.39 is 0 Å². The van der Waals surface area contributed by atoms with Crippen molar-refractivity contribution in [2.75, 3.05) is 11.9 Å². The molecule has 3 rings (SSSR count). The van der Waals surface area contributed by atoms with Crippen molar-refractivity contribution in [1.82, 2.24) is 10.3 Å². The van der Waals surface area contributed by atoms with E-state index >= 15 is 0 Å². The number of thiazole rings is 1. The average Bonchev–Trinajstić information content (AvgIpc) is 3.31. The summed E-state index contributed by atoms with van der Waals surface area (Å²) >= 11 is 3.38. The molecule has 0 aliphatic carbocycles. The van der Waals surface area contributed by atoms with E-state index in [9.17, 15) is 9.59 Å². The number of benzene rings is 1. The first-order valence-electron chi connectivity index (χ1n) is 9.64. The Labute approximate surface area is 179 Å². The highest BCUT2D eigenvalue weighted by atomic mass is 32.1. The molecular weight excluding hydrogens is 402 g/mol. The molecule has 0 aliphatic rings. The van der Waals surface area contributed by atoms with Gasteiger partial charge in [0, 0.05) is 40.4 Å². The fourth-order valence-electron chi connectivity index (χ4n) is 3.04. The fourth-order valence-corrected chi connectivity index (χ4v) is 4.72. The highest BCUT2D eigenvalue weighted by molar-refractivity contribution is 7.11. The number of aromatic nitrogens is 1. The summed E-state index contributed by atoms with van der Waals surface area (Å²) in [7, 11) is 0. The van der Waals surface area contributed by atoms with Crippen LogP contribution in [0.5, 0.6) is 0 Å². The van der Waals surface area contributed by atoms with Crippen molar-refractivity contribution < 1.29 is 9.59 Å². The van der Waals surface area contributed by atoms with Crippen molar-refractivity contribution in [3.05, 3.63) is 67.8 Å². The van der Waals surface area contributed by atoms with E-state index in [1.54, 1.807) is 46.9 Å². The topological polar surface area (TPSA) is 71.1 Å². The molecule has 3 aromatic rings. The summed E-state index contributed by atoms with van der Waals surface area (Å²) in [4.78, 5) is 31.5. The number of nitrogens with zero attached hydrogens (tertiary/aromatic N) is 1. The molecule has 2 N–H and O–H groups in total. The zero-order chi connectivity index (χ0) is 20.6. The van der Waals surface area contributed by atoms with Gasteiger partial charge in [-0.3, -0.25) is 9.59 Å². The van der Waals surface area contributed by atoms with Gasteiger partial charge in [-0.15, -0.1) is 22.7 Å². The van der Waals surface area contributed by atoms with Crippen LogP contribution in [-0.2, 0) is 17.6 Å². The van der Waals surface area contributed by atoms with Crippen molar-refractivity contribution >= 4 is 40.2 Å². The number of carbonyl (C=O) groups is 2. The number of rotatable bonds is 9. The van der Waals surface area contributed by atoms with Gasteiger partial charge in [-0.2, -0.15) is 0 Å². The Hall–Kier alpha value is -2.51. The molecule has 0 aliphatic heterocycles. The summed E-state index contributed by atoms with van der Waals surface area (Å²) < 4.78 is 0. The molecule has 7 heteroatoms. The van der Waals surface area contributed by atoms with Crippen molar-refractivity contribution in [2.24, 2.45) is 0 Å². The van der Waals surface area contributed by atoms with Gasteiger partial charge in [-0.25, -0.2) is 4.98 Å². The van der Waals surface area contributed by atoms with Crippen molar-refractivity contribution in [1.29, 1.82) is 0 Å². The van der Waals surface area contributed by atoms with Gasteiger partial charge < -0.3 is 10.6 Å². The van der Waals surface area contributed by atoms with Gasteiger partial charge in [-0.1, -0.05) is 12.1 Å². The maximum atomic E-state index is 12.4. The summed E-state index contributed by atoms with van der Waals surface area (Å²) in [5.74, 6) is -0.173. The number of hydrogen-bond acceptors (Lipinski definition) is 5. The number of amides is 2. The van der Waals surface area contributed by atoms with Crippen LogP contribution >= 0.6 is 22.7 Å². The minimum Gasteiger partial charge on any atom is -0.352 e. The highest BCUT2D eigenvalue weighted by Gasteiger charge is 2.10. The highest BCUT2D eigenvalue weighted by Crippen LogP contribution is 2.17. The van der Waals surface area contributed by atoms with Crippen molar-refractivity contribution in [2.45, 2.75) is 39.5 Å². The van der Waals surface area contributed by atoms with E-state index in [2.05, 4.69) is 21.7 Å². The van der Waals surface area contributed by atoms with Crippen LogP contribution in [-0.4, -0.2) is 23.3 Å². The predicted molar refractivity (Wildman–Crippen MR) is 120 cm³/mol. The minimum absolute atomic E-state index is 0.0323. The number of hydrogen-bond donors (Lipinski definition) is 2. The standard InChI is InChI=1S/C22H25N3O2S2/c1-15-20(29-16(2)24-15)11-12-23-22(27)17-6-3-7-18(14-17)25-21(26)10-4-8-19-9-5-13-28-19/h3,5-7,9,13-14H,4,8,10-12H2,1-2H3,(H,23,27)(H,25,26). The van der Waals surface area contributed by atoms with Gasteiger partial charge >= 0.3 is 0 Å². The molecule has 0 spiro atoms. The summed E-state index contributed by atoms with van der Waals surface area (Å²) in [6.45, 7) is 4.54. The minimum atomic E-state index is -0.141. The second kappa shape index (κ2) is 10.3. The molecule has 2 amide bonds. The first kappa shape index (κ1) is 21.2. The number of aryl methyl sites for hydroxylation is 3. The molecule has 0 bridgehead atoms. The zero-order valence-electron chi connectivity index (χ0n) is 16.7. The van der Waals surface area contributed by atoms with Crippen molar-refractivity contribution in [3.63, 3.8) is 0 Å². The molecule has 5 nitrogen and oxygen atoms in total. The van der Waals surface area contributed by atoms with E-state index in [0.29, 0.717) is 24.2 Å². The number of carbonyl (C=O) groups excluding carboxylic acids is 2. The second-order valence-corrected chi connectivity index (χ2v) is 9.13. The second-order valence-electron chi connectivity index (χ2n) is 6.81. The van der Waals surface area contributed by atoms with Crippen LogP contribution in [0.4, 0.5) is 5.69 Å². The SMILES string of the molecule is Cc1nc(C)c(CCNC(=O)c2cccc(NC(=O)CCCc3cccs3)c2)s1. The third-order valence-electron chi connectivity index (χ3n) is 4.45. The normalized spacial score (nSPS) is 10.7. The first-order valence-corrected chi connectivity index (χ1v) is 11.3. The molecule has 0 fully saturated rings. The van der Waals surface area contributed by atoms with Gasteiger partial charge in [0.05, 0.1) is 10.7 Å². The summed E-state index contributed by atoms with van der Waals surface area (Å²) in [6, 6.07) is 11.2. The predicted octanol–water partition coefficient (Wildman–Crippen LogP) is 4.76. The Morgan fingerprint density at radius 1 is 1.10 bits per heavy atom. The Morgan fingerprint density at radius 3 is 2.69 bits per heavy atom. The third kappa shape index (κ3) is 6.51. The molecule has 1 aromatic carbocycles. The number of thiophene rings is 1. The number of anilines is 1. The van der Waals surface area contributed by atoms with E-state index in [-0.39, 0.29) is 11.8 Å². The molecule has 0 radical (unpaired) electrons. The Kier molecular flexibility index (Phi) is 7.55. The average molecular weight is 428 g/mol. The largest absolute Gasteiger partial charge is 0.352 e. The van der Waals surface area contributed by atoms with Crippen LogP contribution in [0.1, 0.15) is 43.7 Å². The molecule has 2 aromatic heterocycles. The van der Waals surface area contributed by atoms with E-state index in [1.165, 1.54) is 9.75 Å². The summed E-state index contributed by atoms with van der Waals surface area (Å²) in [5, 5.41) is 8.92. The lowest BCUT2D eigenvalue weighted by atomic mass is 10.1. The van der Waals surface area contributed by atoms with Crippen molar-refractivity contribution in [3.8, 4) is 0 Å². The maximum Gasteiger partial charge on any atom is 0.251 e. The van der Waals surface area contributed by atoms with Gasteiger partial charge in [0.15, 0.2) is 0 Å². The van der Waals surface area contributed by atoms with E-state index in [1.807, 2.05) is 25.3 Å². The molecule has 0 saturated heterocycles. The van der Waals surface area contributed by atoms with E-state index in [0.717, 1.165) is 30.0 Å². The van der Waals surface area contributed by atoms with Gasteiger partial charge in [0.2, 0.25) is 5.91 Å². The number of nitrogens with one attached hydrogen (secondary N) is 2. The summed E-state index contributed by atoms with van der Waals surface area (Å²) in [6.07, 6.45) is 2.95. The van der Waals surface area contributed by atoms with E-state index in [4.69, 9.17) is 0 Å². The lowest BCUT2D eigenvalue weighted by Gasteiger charge is -2.08. The van der Waals surface area contributed by atoms with Gasteiger partial charge in [-0.05, 0) is 56.3 Å². The lowest BCUT2D eigenvalue weighted by Crippen LogP contribution is -2.25. The van der Waals surface area contributed by atoms with Crippen LogP contribution in [0, 0.1) is 13.8 Å². The Bertz CT molecular complexity index is 964. The Balaban J connectivity index is 1.45. The molecule has 152 valence electrons. The van der Waals surface area contributed by atoms with Crippen LogP contribution in [0.15, 0.2) is 41.8 Å². The third-order valence-corrected chi connectivity index (χ3v) is 6.52. The van der Waals surface area contributed by atoms with Crippen LogP contribution in [0.2, 0.25) is 0 Å². The lowest BCUT2D eigenvalue weighted by molar-refractivity contribution is -0.116. The first-order chi connectivity index (χ1) is 14.0. The quantitative estimate of drug-likeness (QED) is 0.517. The molecule has 29 heavy (non-hydrogen) atoms. The molecule has 0 atom stereocenters. The summed E-state index contributed by atoms with van der Waals surface area (Å²) in [5.41, 5.74) is 2.22. The maximum absolute atomic E-state index is 12.4. The molecule has 2 heterocycles. The Morgan fingerprint density at radius 2 is 1.97 bits per heavy atom. The zero-order valence-corrected chi connectivity index (χ0v) is 18.3. The smallest absolute Gasteiger partial charge is 0.251 e. The van der Waals surface area contributed by atoms with Crippen LogP contribution in [0.3, 0.4) is 0 Å². The van der Waals surface area contributed by atoms with Crippen LogP contribution < -0.4 is 10.6 Å². The fraction of sp³-hybridized carbons (Fsp3) is 0.318. The molecule has 0 saturated carbocycles. The van der Waals surface area contributed by atoms with Crippen LogP contribution in [0.25, 0.3) is 0 Å². The monoisotopic (exact) mass is 427 g/mol.